The first-order valence-corrected chi connectivity index (χ1v) is 4.53. The van der Waals surface area contributed by atoms with Gasteiger partial charge in [-0.1, -0.05) is 18.2 Å². The van der Waals surface area contributed by atoms with Crippen molar-refractivity contribution in [2.75, 3.05) is 0 Å². The standard InChI is InChI=1S/C10H8N4O/c1-2-4-10-7(3-1)5-8(13-15-10)9-6-11-14-12-9/h1-6,13H,(H,11,12,14). The number of hydroxylamine groups is 1. The molecule has 0 unspecified atom stereocenters. The summed E-state index contributed by atoms with van der Waals surface area (Å²) in [6.45, 7) is 0. The number of hydrogen-bond donors (Lipinski definition) is 2. The zero-order valence-electron chi connectivity index (χ0n) is 7.77. The maximum absolute atomic E-state index is 5.36. The van der Waals surface area contributed by atoms with Crippen LogP contribution in [0.2, 0.25) is 0 Å². The zero-order chi connectivity index (χ0) is 10.1. The van der Waals surface area contributed by atoms with Crippen LogP contribution in [-0.4, -0.2) is 15.4 Å². The Bertz CT molecular complexity index is 504. The van der Waals surface area contributed by atoms with E-state index in [1.165, 1.54) is 0 Å². The van der Waals surface area contributed by atoms with E-state index >= 15 is 0 Å². The van der Waals surface area contributed by atoms with Crippen molar-refractivity contribution in [1.82, 2.24) is 20.9 Å². The summed E-state index contributed by atoms with van der Waals surface area (Å²) in [6, 6.07) is 7.77. The molecule has 5 nitrogen and oxygen atoms in total. The molecule has 0 spiro atoms. The van der Waals surface area contributed by atoms with Crippen molar-refractivity contribution < 1.29 is 4.84 Å². The molecule has 0 amide bonds. The minimum Gasteiger partial charge on any atom is -0.381 e. The molecule has 0 saturated carbocycles. The van der Waals surface area contributed by atoms with Crippen LogP contribution >= 0.6 is 0 Å². The number of rotatable bonds is 1. The van der Waals surface area contributed by atoms with Gasteiger partial charge in [-0.15, -0.1) is 0 Å². The summed E-state index contributed by atoms with van der Waals surface area (Å²) in [5.41, 5.74) is 5.36. The smallest absolute Gasteiger partial charge is 0.162 e. The third-order valence-electron chi connectivity index (χ3n) is 2.18. The monoisotopic (exact) mass is 200 g/mol. The van der Waals surface area contributed by atoms with Gasteiger partial charge in [0.15, 0.2) is 5.75 Å². The fourth-order valence-electron chi connectivity index (χ4n) is 1.45. The van der Waals surface area contributed by atoms with Gasteiger partial charge in [0.25, 0.3) is 0 Å². The van der Waals surface area contributed by atoms with E-state index in [0.717, 1.165) is 22.7 Å². The average Bonchev–Trinajstić information content (AvgIpc) is 2.82. The summed E-state index contributed by atoms with van der Waals surface area (Å²) < 4.78 is 0. The van der Waals surface area contributed by atoms with Crippen molar-refractivity contribution in [2.24, 2.45) is 0 Å². The van der Waals surface area contributed by atoms with Gasteiger partial charge < -0.3 is 4.84 Å². The van der Waals surface area contributed by atoms with Gasteiger partial charge in [0.1, 0.15) is 11.4 Å². The van der Waals surface area contributed by atoms with E-state index in [0.29, 0.717) is 0 Å². The summed E-state index contributed by atoms with van der Waals surface area (Å²) in [5.74, 6) is 0.810. The first-order chi connectivity index (χ1) is 7.43. The number of aromatic nitrogens is 3. The number of aromatic amines is 1. The Labute approximate surface area is 85.7 Å². The number of nitrogens with one attached hydrogen (secondary N) is 2. The van der Waals surface area contributed by atoms with Gasteiger partial charge >= 0.3 is 0 Å². The summed E-state index contributed by atoms with van der Waals surface area (Å²) in [4.78, 5) is 5.36. The SMILES string of the molecule is C1=C(c2cn[nH]n2)NOc2ccccc21. The van der Waals surface area contributed by atoms with E-state index in [1.807, 2.05) is 30.3 Å². The topological polar surface area (TPSA) is 62.8 Å². The molecule has 15 heavy (non-hydrogen) atoms. The van der Waals surface area contributed by atoms with Crippen molar-refractivity contribution in [3.05, 3.63) is 41.7 Å². The van der Waals surface area contributed by atoms with Gasteiger partial charge in [-0.25, -0.2) is 5.48 Å². The van der Waals surface area contributed by atoms with Crippen LogP contribution in [0.4, 0.5) is 0 Å². The molecule has 1 aromatic heterocycles. The first kappa shape index (κ1) is 8.05. The van der Waals surface area contributed by atoms with Crippen molar-refractivity contribution in [2.45, 2.75) is 0 Å². The molecular formula is C10H8N4O. The van der Waals surface area contributed by atoms with Crippen LogP contribution in [0.1, 0.15) is 11.3 Å². The molecule has 0 aliphatic carbocycles. The van der Waals surface area contributed by atoms with Crippen LogP contribution in [0, 0.1) is 0 Å². The number of hydrogen-bond acceptors (Lipinski definition) is 4. The van der Waals surface area contributed by atoms with Crippen molar-refractivity contribution in [1.29, 1.82) is 0 Å². The molecule has 1 aromatic carbocycles. The fraction of sp³-hybridized carbons (Fsp3) is 0. The summed E-state index contributed by atoms with van der Waals surface area (Å²) in [6.07, 6.45) is 3.60. The van der Waals surface area contributed by atoms with Crippen LogP contribution in [-0.2, 0) is 0 Å². The maximum Gasteiger partial charge on any atom is 0.162 e. The fourth-order valence-corrected chi connectivity index (χ4v) is 1.45. The van der Waals surface area contributed by atoms with Crippen LogP contribution in [0.3, 0.4) is 0 Å². The molecule has 5 heteroatoms. The second-order valence-corrected chi connectivity index (χ2v) is 3.16. The summed E-state index contributed by atoms with van der Waals surface area (Å²) in [7, 11) is 0. The van der Waals surface area contributed by atoms with E-state index in [9.17, 15) is 0 Å². The Morgan fingerprint density at radius 3 is 3.00 bits per heavy atom. The predicted octanol–water partition coefficient (Wildman–Crippen LogP) is 1.20. The van der Waals surface area contributed by atoms with Crippen LogP contribution in [0.25, 0.3) is 11.8 Å². The molecule has 0 fully saturated rings. The molecule has 0 bridgehead atoms. The molecule has 3 rings (SSSR count). The zero-order valence-corrected chi connectivity index (χ0v) is 7.77. The Hall–Kier alpha value is -2.30. The number of nitrogens with zero attached hydrogens (tertiary/aromatic N) is 2. The van der Waals surface area contributed by atoms with Gasteiger partial charge in [0.05, 0.1) is 6.20 Å². The molecule has 0 atom stereocenters. The minimum atomic E-state index is 0.726. The molecule has 0 radical (unpaired) electrons. The lowest BCUT2D eigenvalue weighted by molar-refractivity contribution is 0.249. The van der Waals surface area contributed by atoms with E-state index < -0.39 is 0 Å². The Balaban J connectivity index is 2.06. The maximum atomic E-state index is 5.36. The molecule has 1 aliphatic rings. The van der Waals surface area contributed by atoms with Gasteiger partial charge in [-0.05, 0) is 12.1 Å². The summed E-state index contributed by atoms with van der Waals surface area (Å²) >= 11 is 0. The second kappa shape index (κ2) is 3.13. The molecule has 74 valence electrons. The highest BCUT2D eigenvalue weighted by Crippen LogP contribution is 2.26. The molecule has 2 heterocycles. The largest absolute Gasteiger partial charge is 0.381 e. The molecular weight excluding hydrogens is 192 g/mol. The van der Waals surface area contributed by atoms with Crippen LogP contribution in [0.15, 0.2) is 30.5 Å². The van der Waals surface area contributed by atoms with Gasteiger partial charge in [0.2, 0.25) is 0 Å². The Morgan fingerprint density at radius 2 is 2.13 bits per heavy atom. The number of para-hydroxylation sites is 1. The number of H-pyrrole nitrogens is 1. The molecule has 1 aliphatic heterocycles. The van der Waals surface area contributed by atoms with Crippen molar-refractivity contribution in [3.8, 4) is 5.75 Å². The van der Waals surface area contributed by atoms with Crippen molar-refractivity contribution >= 4 is 11.8 Å². The van der Waals surface area contributed by atoms with Gasteiger partial charge in [-0.2, -0.15) is 15.4 Å². The van der Waals surface area contributed by atoms with Crippen LogP contribution in [0.5, 0.6) is 5.75 Å². The third kappa shape index (κ3) is 1.34. The van der Waals surface area contributed by atoms with Gasteiger partial charge in [-0.3, -0.25) is 0 Å². The van der Waals surface area contributed by atoms with Crippen LogP contribution < -0.4 is 10.3 Å². The quantitative estimate of drug-likeness (QED) is 0.726. The number of benzene rings is 1. The second-order valence-electron chi connectivity index (χ2n) is 3.16. The lowest BCUT2D eigenvalue weighted by Gasteiger charge is -2.16. The third-order valence-corrected chi connectivity index (χ3v) is 2.18. The molecule has 2 aromatic rings. The predicted molar refractivity (Wildman–Crippen MR) is 54.5 cm³/mol. The Kier molecular flexibility index (Phi) is 1.68. The first-order valence-electron chi connectivity index (χ1n) is 4.53. The minimum absolute atomic E-state index is 0.726. The average molecular weight is 200 g/mol. The van der Waals surface area contributed by atoms with E-state index in [4.69, 9.17) is 4.84 Å². The highest BCUT2D eigenvalue weighted by atomic mass is 16.6. The van der Waals surface area contributed by atoms with E-state index in [2.05, 4.69) is 20.9 Å². The normalized spacial score (nSPS) is 13.5. The lowest BCUT2D eigenvalue weighted by Crippen LogP contribution is -2.20. The lowest BCUT2D eigenvalue weighted by atomic mass is 10.1. The van der Waals surface area contributed by atoms with E-state index in [1.54, 1.807) is 6.20 Å². The number of fused-ring (bicyclic) bond motifs is 1. The summed E-state index contributed by atoms with van der Waals surface area (Å²) in [5, 5.41) is 10.3. The Morgan fingerprint density at radius 1 is 1.20 bits per heavy atom. The van der Waals surface area contributed by atoms with E-state index in [-0.39, 0.29) is 0 Å². The highest BCUT2D eigenvalue weighted by molar-refractivity contribution is 5.81. The van der Waals surface area contributed by atoms with Gasteiger partial charge in [0, 0.05) is 5.56 Å². The molecule has 2 N–H and O–H groups in total. The highest BCUT2D eigenvalue weighted by Gasteiger charge is 2.13. The van der Waals surface area contributed by atoms with Crippen molar-refractivity contribution in [3.63, 3.8) is 0 Å². The molecule has 0 saturated heterocycles.